The fourth-order valence-electron chi connectivity index (χ4n) is 4.37. The van der Waals surface area contributed by atoms with E-state index in [0.29, 0.717) is 36.8 Å². The zero-order valence-corrected chi connectivity index (χ0v) is 18.0. The summed E-state index contributed by atoms with van der Waals surface area (Å²) in [5, 5.41) is 9.15. The van der Waals surface area contributed by atoms with Crippen molar-refractivity contribution in [1.29, 1.82) is 0 Å². The molecule has 170 valence electrons. The van der Waals surface area contributed by atoms with E-state index in [0.717, 1.165) is 29.4 Å². The number of amides is 1. The Hall–Kier alpha value is -3.43. The first-order chi connectivity index (χ1) is 15.9. The second kappa shape index (κ2) is 8.17. The number of aromatic nitrogens is 2. The van der Waals surface area contributed by atoms with Crippen LogP contribution in [0.25, 0.3) is 11.1 Å². The summed E-state index contributed by atoms with van der Waals surface area (Å²) in [6.45, 7) is 1.81. The molecule has 0 atom stereocenters. The molecule has 0 bridgehead atoms. The molecule has 5 rings (SSSR count). The number of carbonyl (C=O) groups is 1. The minimum absolute atomic E-state index is 0.0899. The number of nitrogens with zero attached hydrogens (tertiary/aromatic N) is 4. The Bertz CT molecular complexity index is 1210. The van der Waals surface area contributed by atoms with Gasteiger partial charge in [0.05, 0.1) is 25.2 Å². The second-order valence-corrected chi connectivity index (χ2v) is 8.44. The molecular weight excluding hydrogens is 430 g/mol. The van der Waals surface area contributed by atoms with Gasteiger partial charge >= 0.3 is 0 Å². The predicted molar refractivity (Wildman–Crippen MR) is 117 cm³/mol. The van der Waals surface area contributed by atoms with E-state index in [2.05, 4.69) is 9.97 Å². The average Bonchev–Trinajstić information content (AvgIpc) is 3.16. The van der Waals surface area contributed by atoms with E-state index in [-0.39, 0.29) is 30.0 Å². The van der Waals surface area contributed by atoms with Gasteiger partial charge in [-0.2, -0.15) is 0 Å². The van der Waals surface area contributed by atoms with Crippen LogP contribution in [-0.2, 0) is 10.2 Å². The molecule has 7 nitrogen and oxygen atoms in total. The number of fused-ring (bicyclic) bond motifs is 2. The third-order valence-corrected chi connectivity index (χ3v) is 6.23. The van der Waals surface area contributed by atoms with Crippen molar-refractivity contribution in [3.63, 3.8) is 0 Å². The topological polar surface area (TPSA) is 78.8 Å². The average molecular weight is 452 g/mol. The Labute approximate surface area is 189 Å². The minimum atomic E-state index is -0.556. The van der Waals surface area contributed by atoms with Gasteiger partial charge in [0.1, 0.15) is 11.6 Å². The third kappa shape index (κ3) is 3.63. The van der Waals surface area contributed by atoms with Crippen molar-refractivity contribution in [3.8, 4) is 11.1 Å². The van der Waals surface area contributed by atoms with Gasteiger partial charge in [-0.1, -0.05) is 6.07 Å². The summed E-state index contributed by atoms with van der Waals surface area (Å²) >= 11 is 0. The highest BCUT2D eigenvalue weighted by Crippen LogP contribution is 2.47. The number of benzene rings is 2. The van der Waals surface area contributed by atoms with Gasteiger partial charge in [0, 0.05) is 54.9 Å². The third-order valence-electron chi connectivity index (χ3n) is 6.23. The number of halogens is 2. The second-order valence-electron chi connectivity index (χ2n) is 8.44. The van der Waals surface area contributed by atoms with Gasteiger partial charge in [-0.25, -0.2) is 18.7 Å². The van der Waals surface area contributed by atoms with Crippen molar-refractivity contribution >= 4 is 17.5 Å². The quantitative estimate of drug-likeness (QED) is 0.642. The maximum Gasteiger partial charge on any atom is 0.253 e. The molecule has 33 heavy (non-hydrogen) atoms. The maximum atomic E-state index is 14.2. The van der Waals surface area contributed by atoms with Crippen LogP contribution in [0.4, 0.5) is 20.4 Å². The highest BCUT2D eigenvalue weighted by atomic mass is 19.1. The lowest BCUT2D eigenvalue weighted by Gasteiger charge is -2.38. The molecule has 2 aromatic carbocycles. The van der Waals surface area contributed by atoms with Crippen LogP contribution in [0, 0.1) is 11.6 Å². The van der Waals surface area contributed by atoms with E-state index in [1.165, 1.54) is 17.3 Å². The van der Waals surface area contributed by atoms with Crippen molar-refractivity contribution < 1.29 is 23.4 Å². The van der Waals surface area contributed by atoms with E-state index >= 15 is 0 Å². The van der Waals surface area contributed by atoms with Crippen molar-refractivity contribution in [2.24, 2.45) is 0 Å². The molecule has 0 unspecified atom stereocenters. The summed E-state index contributed by atoms with van der Waals surface area (Å²) in [4.78, 5) is 25.0. The molecule has 0 radical (unpaired) electrons. The fourth-order valence-corrected chi connectivity index (χ4v) is 4.37. The Morgan fingerprint density at radius 1 is 1.18 bits per heavy atom. The molecular formula is C24H22F2N4O3. The van der Waals surface area contributed by atoms with E-state index in [1.54, 1.807) is 13.1 Å². The molecule has 9 heteroatoms. The summed E-state index contributed by atoms with van der Waals surface area (Å²) in [7, 11) is 1.64. The van der Waals surface area contributed by atoms with E-state index in [9.17, 15) is 13.6 Å². The number of ether oxygens (including phenoxy) is 1. The molecule has 1 saturated heterocycles. The van der Waals surface area contributed by atoms with Gasteiger partial charge in [0.25, 0.3) is 5.91 Å². The Morgan fingerprint density at radius 3 is 2.61 bits per heavy atom. The lowest BCUT2D eigenvalue weighted by molar-refractivity contribution is -0.0507. The van der Waals surface area contributed by atoms with Crippen LogP contribution in [0.3, 0.4) is 0 Å². The molecule has 1 fully saturated rings. The number of aliphatic hydroxyl groups is 1. The maximum absolute atomic E-state index is 14.2. The summed E-state index contributed by atoms with van der Waals surface area (Å²) in [5.74, 6) is -0.899. The number of aliphatic hydroxyl groups excluding tert-OH is 1. The Balaban J connectivity index is 1.50. The van der Waals surface area contributed by atoms with Crippen LogP contribution < -0.4 is 4.90 Å². The van der Waals surface area contributed by atoms with Gasteiger partial charge in [-0.15, -0.1) is 0 Å². The molecule has 0 aliphatic carbocycles. The summed E-state index contributed by atoms with van der Waals surface area (Å²) in [5.41, 5.74) is 2.61. The first kappa shape index (κ1) is 21.4. The standard InChI is InChI=1S/C24H22F2N4O3/c1-29(6-7-31)22(32)15-2-4-19-21(8-15)30(12-24(19)13-33-14-24)23-27-10-16(11-28-23)18-9-17(25)3-5-20(18)26/h2-5,8-11,31H,6-7,12-14H2,1H3. The lowest BCUT2D eigenvalue weighted by Crippen LogP contribution is -2.49. The fraction of sp³-hybridized carbons (Fsp3) is 0.292. The molecule has 3 aromatic rings. The first-order valence-electron chi connectivity index (χ1n) is 10.6. The van der Waals surface area contributed by atoms with Crippen molar-refractivity contribution in [2.75, 3.05) is 44.9 Å². The van der Waals surface area contributed by atoms with Crippen LogP contribution in [0.2, 0.25) is 0 Å². The zero-order chi connectivity index (χ0) is 23.2. The number of hydrogen-bond donors (Lipinski definition) is 1. The number of hydrogen-bond acceptors (Lipinski definition) is 6. The minimum Gasteiger partial charge on any atom is -0.395 e. The van der Waals surface area contributed by atoms with Gasteiger partial charge in [-0.3, -0.25) is 4.79 Å². The van der Waals surface area contributed by atoms with Crippen LogP contribution in [-0.4, -0.2) is 65.8 Å². The molecule has 0 saturated carbocycles. The number of rotatable bonds is 5. The van der Waals surface area contributed by atoms with E-state index in [4.69, 9.17) is 9.84 Å². The first-order valence-corrected chi connectivity index (χ1v) is 10.6. The van der Waals surface area contributed by atoms with Crippen LogP contribution in [0.1, 0.15) is 15.9 Å². The molecule has 1 N–H and O–H groups in total. The largest absolute Gasteiger partial charge is 0.395 e. The predicted octanol–water partition coefficient (Wildman–Crippen LogP) is 2.91. The molecule has 2 aliphatic rings. The van der Waals surface area contributed by atoms with Gasteiger partial charge < -0.3 is 19.6 Å². The van der Waals surface area contributed by atoms with Crippen molar-refractivity contribution in [3.05, 3.63) is 71.6 Å². The Kier molecular flexibility index (Phi) is 5.30. The molecule has 1 aromatic heterocycles. The van der Waals surface area contributed by atoms with Crippen molar-refractivity contribution in [2.45, 2.75) is 5.41 Å². The van der Waals surface area contributed by atoms with Crippen LogP contribution in [0.5, 0.6) is 0 Å². The SMILES string of the molecule is CN(CCO)C(=O)c1ccc2c(c1)N(c1ncc(-c3cc(F)ccc3F)cn1)CC21COC1. The summed E-state index contributed by atoms with van der Waals surface area (Å²) in [6.07, 6.45) is 2.93. The van der Waals surface area contributed by atoms with Crippen molar-refractivity contribution in [1.82, 2.24) is 14.9 Å². The molecule has 1 spiro atoms. The lowest BCUT2D eigenvalue weighted by atomic mass is 9.80. The molecule has 2 aliphatic heterocycles. The number of carbonyl (C=O) groups excluding carboxylic acids is 1. The highest BCUT2D eigenvalue weighted by molar-refractivity contribution is 5.96. The van der Waals surface area contributed by atoms with E-state index < -0.39 is 11.6 Å². The zero-order valence-electron chi connectivity index (χ0n) is 18.0. The summed E-state index contributed by atoms with van der Waals surface area (Å²) in [6, 6.07) is 8.78. The molecule has 3 heterocycles. The number of likely N-dealkylation sites (N-methyl/N-ethyl adjacent to an activating group) is 1. The van der Waals surface area contributed by atoms with Crippen LogP contribution >= 0.6 is 0 Å². The summed E-state index contributed by atoms with van der Waals surface area (Å²) < 4.78 is 33.2. The number of anilines is 2. The van der Waals surface area contributed by atoms with Gasteiger partial charge in [0.15, 0.2) is 0 Å². The van der Waals surface area contributed by atoms with Gasteiger partial charge in [-0.05, 0) is 35.9 Å². The van der Waals surface area contributed by atoms with Crippen LogP contribution in [0.15, 0.2) is 48.8 Å². The highest BCUT2D eigenvalue weighted by Gasteiger charge is 2.49. The Morgan fingerprint density at radius 2 is 1.94 bits per heavy atom. The smallest absolute Gasteiger partial charge is 0.253 e. The molecule has 1 amide bonds. The monoisotopic (exact) mass is 452 g/mol. The van der Waals surface area contributed by atoms with Gasteiger partial charge in [0.2, 0.25) is 5.95 Å². The normalized spacial score (nSPS) is 15.9. The van der Waals surface area contributed by atoms with E-state index in [1.807, 2.05) is 17.0 Å².